The van der Waals surface area contributed by atoms with Crippen LogP contribution in [0.15, 0.2) is 18.2 Å². The number of benzene rings is 1. The van der Waals surface area contributed by atoms with Gasteiger partial charge in [0.15, 0.2) is 0 Å². The quantitative estimate of drug-likeness (QED) is 0.786. The van der Waals surface area contributed by atoms with Crippen LogP contribution in [-0.4, -0.2) is 21.6 Å². The first-order valence-corrected chi connectivity index (χ1v) is 7.92. The first kappa shape index (κ1) is 15.7. The van der Waals surface area contributed by atoms with Gasteiger partial charge >= 0.3 is 0 Å². The molecule has 4 nitrogen and oxygen atoms in total. The van der Waals surface area contributed by atoms with E-state index in [4.69, 9.17) is 5.73 Å². The SMILES string of the molecule is CCC(C)CS(=O)CC(=O)Nc1cc(N)ccc1C. The number of anilines is 2. The van der Waals surface area contributed by atoms with E-state index in [9.17, 15) is 9.00 Å². The zero-order valence-electron chi connectivity index (χ0n) is 11.7. The minimum Gasteiger partial charge on any atom is -0.399 e. The molecule has 1 rings (SSSR count). The van der Waals surface area contributed by atoms with Crippen molar-refractivity contribution in [3.63, 3.8) is 0 Å². The number of carbonyl (C=O) groups excluding carboxylic acids is 1. The molecular formula is C14H22N2O2S. The molecule has 5 heteroatoms. The molecule has 0 bridgehead atoms. The summed E-state index contributed by atoms with van der Waals surface area (Å²) in [6.07, 6.45) is 0.974. The highest BCUT2D eigenvalue weighted by atomic mass is 32.2. The Morgan fingerprint density at radius 2 is 2.16 bits per heavy atom. The number of nitrogen functional groups attached to an aromatic ring is 1. The topological polar surface area (TPSA) is 72.2 Å². The van der Waals surface area contributed by atoms with Crippen LogP contribution in [0.5, 0.6) is 0 Å². The summed E-state index contributed by atoms with van der Waals surface area (Å²) in [5.74, 6) is 0.761. The highest BCUT2D eigenvalue weighted by Gasteiger charge is 2.12. The number of rotatable bonds is 6. The van der Waals surface area contributed by atoms with Crippen molar-refractivity contribution in [1.82, 2.24) is 0 Å². The zero-order valence-corrected chi connectivity index (χ0v) is 12.5. The Hall–Kier alpha value is -1.36. The maximum atomic E-state index is 11.8. The molecule has 0 saturated heterocycles. The van der Waals surface area contributed by atoms with Crippen molar-refractivity contribution in [2.45, 2.75) is 27.2 Å². The van der Waals surface area contributed by atoms with Gasteiger partial charge in [0.25, 0.3) is 0 Å². The molecular weight excluding hydrogens is 260 g/mol. The standard InChI is InChI=1S/C14H22N2O2S/c1-4-10(2)8-19(18)9-14(17)16-13-7-12(15)6-5-11(13)3/h5-7,10H,4,8-9,15H2,1-3H3,(H,16,17). The van der Waals surface area contributed by atoms with Crippen LogP contribution in [0, 0.1) is 12.8 Å². The second-order valence-electron chi connectivity index (χ2n) is 4.89. The van der Waals surface area contributed by atoms with E-state index in [0.29, 0.717) is 23.0 Å². The van der Waals surface area contributed by atoms with Crippen LogP contribution in [-0.2, 0) is 15.6 Å². The minimum atomic E-state index is -1.11. The van der Waals surface area contributed by atoms with Crippen LogP contribution in [0.3, 0.4) is 0 Å². The van der Waals surface area contributed by atoms with Crippen molar-refractivity contribution in [2.24, 2.45) is 5.92 Å². The van der Waals surface area contributed by atoms with E-state index < -0.39 is 10.8 Å². The maximum Gasteiger partial charge on any atom is 0.236 e. The van der Waals surface area contributed by atoms with Crippen LogP contribution in [0.4, 0.5) is 11.4 Å². The minimum absolute atomic E-state index is 0.0403. The molecule has 1 aromatic rings. The Balaban J connectivity index is 2.55. The summed E-state index contributed by atoms with van der Waals surface area (Å²) >= 11 is 0. The van der Waals surface area contributed by atoms with Crippen LogP contribution in [0.1, 0.15) is 25.8 Å². The molecule has 0 radical (unpaired) electrons. The van der Waals surface area contributed by atoms with Crippen molar-refractivity contribution < 1.29 is 9.00 Å². The Kier molecular flexibility index (Phi) is 6.02. The van der Waals surface area contributed by atoms with E-state index >= 15 is 0 Å². The fourth-order valence-electron chi connectivity index (χ4n) is 1.60. The lowest BCUT2D eigenvalue weighted by atomic mass is 10.2. The second kappa shape index (κ2) is 7.28. The van der Waals surface area contributed by atoms with Gasteiger partial charge in [-0.3, -0.25) is 9.00 Å². The molecule has 3 N–H and O–H groups in total. The predicted molar refractivity (Wildman–Crippen MR) is 81.6 cm³/mol. The maximum absolute atomic E-state index is 11.8. The van der Waals surface area contributed by atoms with E-state index in [1.54, 1.807) is 12.1 Å². The molecule has 0 aromatic heterocycles. The van der Waals surface area contributed by atoms with Crippen molar-refractivity contribution in [1.29, 1.82) is 0 Å². The van der Waals surface area contributed by atoms with Crippen molar-refractivity contribution in [3.8, 4) is 0 Å². The summed E-state index contributed by atoms with van der Waals surface area (Å²) in [7, 11) is -1.11. The summed E-state index contributed by atoms with van der Waals surface area (Å²) in [6, 6.07) is 5.35. The lowest BCUT2D eigenvalue weighted by molar-refractivity contribution is -0.113. The van der Waals surface area contributed by atoms with Gasteiger partial charge in [-0.1, -0.05) is 26.3 Å². The summed E-state index contributed by atoms with van der Waals surface area (Å²) in [5.41, 5.74) is 7.90. The zero-order chi connectivity index (χ0) is 14.4. The van der Waals surface area contributed by atoms with Gasteiger partial charge in [0, 0.05) is 27.9 Å². The molecule has 106 valence electrons. The number of hydrogen-bond acceptors (Lipinski definition) is 3. The van der Waals surface area contributed by atoms with Crippen molar-refractivity contribution in [2.75, 3.05) is 22.6 Å². The van der Waals surface area contributed by atoms with Gasteiger partial charge in [-0.25, -0.2) is 0 Å². The van der Waals surface area contributed by atoms with Gasteiger partial charge < -0.3 is 11.1 Å². The van der Waals surface area contributed by atoms with Gasteiger partial charge in [-0.2, -0.15) is 0 Å². The van der Waals surface area contributed by atoms with E-state index in [1.807, 2.05) is 19.9 Å². The third-order valence-electron chi connectivity index (χ3n) is 3.00. The Bertz CT molecular complexity index is 475. The van der Waals surface area contributed by atoms with E-state index in [1.165, 1.54) is 0 Å². The van der Waals surface area contributed by atoms with Crippen LogP contribution in [0.25, 0.3) is 0 Å². The van der Waals surface area contributed by atoms with Crippen molar-refractivity contribution in [3.05, 3.63) is 23.8 Å². The smallest absolute Gasteiger partial charge is 0.236 e. The monoisotopic (exact) mass is 282 g/mol. The highest BCUT2D eigenvalue weighted by molar-refractivity contribution is 7.85. The Morgan fingerprint density at radius 3 is 2.79 bits per heavy atom. The Labute approximate surface area is 117 Å². The number of carbonyl (C=O) groups is 1. The first-order chi connectivity index (χ1) is 8.92. The van der Waals surface area contributed by atoms with E-state index in [0.717, 1.165) is 12.0 Å². The van der Waals surface area contributed by atoms with Gasteiger partial charge in [-0.05, 0) is 30.5 Å². The van der Waals surface area contributed by atoms with E-state index in [2.05, 4.69) is 12.2 Å². The lowest BCUT2D eigenvalue weighted by Crippen LogP contribution is -2.23. The average Bonchev–Trinajstić information content (AvgIpc) is 2.33. The highest BCUT2D eigenvalue weighted by Crippen LogP contribution is 2.18. The molecule has 0 saturated carbocycles. The van der Waals surface area contributed by atoms with Gasteiger partial charge in [0.2, 0.25) is 5.91 Å². The largest absolute Gasteiger partial charge is 0.399 e. The number of nitrogens with one attached hydrogen (secondary N) is 1. The first-order valence-electron chi connectivity index (χ1n) is 6.43. The van der Waals surface area contributed by atoms with Gasteiger partial charge in [0.05, 0.1) is 0 Å². The predicted octanol–water partition coefficient (Wildman–Crippen LogP) is 2.31. The molecule has 2 atom stereocenters. The fourth-order valence-corrected chi connectivity index (χ4v) is 2.95. The average molecular weight is 282 g/mol. The third kappa shape index (κ3) is 5.42. The number of hydrogen-bond donors (Lipinski definition) is 2. The molecule has 0 fully saturated rings. The molecule has 19 heavy (non-hydrogen) atoms. The van der Waals surface area contributed by atoms with Crippen LogP contribution in [0.2, 0.25) is 0 Å². The third-order valence-corrected chi connectivity index (χ3v) is 4.52. The molecule has 1 aromatic carbocycles. The molecule has 1 amide bonds. The molecule has 0 aliphatic heterocycles. The Morgan fingerprint density at radius 1 is 1.47 bits per heavy atom. The van der Waals surface area contributed by atoms with Crippen LogP contribution >= 0.6 is 0 Å². The summed E-state index contributed by atoms with van der Waals surface area (Å²) in [4.78, 5) is 11.8. The summed E-state index contributed by atoms with van der Waals surface area (Å²) < 4.78 is 11.8. The molecule has 0 aliphatic carbocycles. The molecule has 2 unspecified atom stereocenters. The lowest BCUT2D eigenvalue weighted by Gasteiger charge is -2.10. The van der Waals surface area contributed by atoms with Gasteiger partial charge in [-0.15, -0.1) is 0 Å². The molecule has 0 spiro atoms. The number of amides is 1. The number of aryl methyl sites for hydroxylation is 1. The van der Waals surface area contributed by atoms with E-state index in [-0.39, 0.29) is 11.7 Å². The normalized spacial score (nSPS) is 13.8. The van der Waals surface area contributed by atoms with Crippen LogP contribution < -0.4 is 11.1 Å². The summed E-state index contributed by atoms with van der Waals surface area (Å²) in [6.45, 7) is 5.99. The molecule has 0 heterocycles. The van der Waals surface area contributed by atoms with Crippen molar-refractivity contribution >= 4 is 28.1 Å². The van der Waals surface area contributed by atoms with Gasteiger partial charge in [0.1, 0.15) is 5.75 Å². The molecule has 0 aliphatic rings. The number of nitrogens with two attached hydrogens (primary N) is 1. The fraction of sp³-hybridized carbons (Fsp3) is 0.500. The second-order valence-corrected chi connectivity index (χ2v) is 6.39. The summed E-state index contributed by atoms with van der Waals surface area (Å²) in [5, 5.41) is 2.76.